The molecule has 0 amide bonds. The minimum atomic E-state index is 0.165. The maximum atomic E-state index is 4.30. The van der Waals surface area contributed by atoms with Gasteiger partial charge in [-0.25, -0.2) is 0 Å². The molecule has 1 aliphatic heterocycles. The van der Waals surface area contributed by atoms with Crippen molar-refractivity contribution < 1.29 is 0 Å². The molecule has 0 spiro atoms. The lowest BCUT2D eigenvalue weighted by atomic mass is 9.94. The van der Waals surface area contributed by atoms with Crippen LogP contribution in [0.1, 0.15) is 34.1 Å². The van der Waals surface area contributed by atoms with Crippen molar-refractivity contribution in [2.75, 3.05) is 13.2 Å². The van der Waals surface area contributed by atoms with Crippen molar-refractivity contribution >= 4 is 5.84 Å². The first kappa shape index (κ1) is 9.36. The van der Waals surface area contributed by atoms with Crippen molar-refractivity contribution in [3.8, 4) is 0 Å². The monoisotopic (exact) mass is 169 g/mol. The molecule has 0 aromatic carbocycles. The van der Waals surface area contributed by atoms with Crippen molar-refractivity contribution in [1.29, 1.82) is 0 Å². The molecular weight excluding hydrogens is 150 g/mol. The van der Waals surface area contributed by atoms with E-state index in [0.29, 0.717) is 0 Å². The van der Waals surface area contributed by atoms with E-state index in [2.05, 4.69) is 43.1 Å². The molecule has 0 atom stereocenters. The van der Waals surface area contributed by atoms with E-state index in [1.165, 1.54) is 12.3 Å². The summed E-state index contributed by atoms with van der Waals surface area (Å²) in [6.07, 6.45) is 1.18. The van der Waals surface area contributed by atoms with E-state index in [4.69, 9.17) is 0 Å². The van der Waals surface area contributed by atoms with Crippen LogP contribution in [0.25, 0.3) is 0 Å². The normalized spacial score (nSPS) is 17.7. The quantitative estimate of drug-likeness (QED) is 0.680. The predicted molar refractivity (Wildman–Crippen MR) is 51.9 cm³/mol. The van der Waals surface area contributed by atoms with Gasteiger partial charge in [0.15, 0.2) is 0 Å². The lowest BCUT2D eigenvalue weighted by Crippen LogP contribution is -2.37. The molecule has 1 N–H and O–H groups in total. The lowest BCUT2D eigenvalue weighted by Gasteiger charge is -2.27. The molecule has 1 rings (SSSR count). The van der Waals surface area contributed by atoms with Gasteiger partial charge in [-0.05, 0) is 6.42 Å². The summed E-state index contributed by atoms with van der Waals surface area (Å²) in [4.78, 5) is 2.31. The summed E-state index contributed by atoms with van der Waals surface area (Å²) in [5.74, 6) is 1.18. The second kappa shape index (κ2) is 3.33. The number of hydrazone groups is 1. The number of hydrogen-bond acceptors (Lipinski definition) is 3. The average molecular weight is 169 g/mol. The van der Waals surface area contributed by atoms with Crippen molar-refractivity contribution in [3.05, 3.63) is 0 Å². The van der Waals surface area contributed by atoms with Crippen LogP contribution in [-0.4, -0.2) is 23.9 Å². The van der Waals surface area contributed by atoms with Gasteiger partial charge in [0.25, 0.3) is 0 Å². The van der Waals surface area contributed by atoms with Crippen LogP contribution < -0.4 is 5.43 Å². The molecule has 0 unspecified atom stereocenters. The summed E-state index contributed by atoms with van der Waals surface area (Å²) in [5.41, 5.74) is 3.19. The van der Waals surface area contributed by atoms with E-state index < -0.39 is 0 Å². The van der Waals surface area contributed by atoms with Crippen LogP contribution >= 0.6 is 0 Å². The average Bonchev–Trinajstić information content (AvgIpc) is 2.34. The Bertz CT molecular complexity index is 179. The molecule has 0 saturated carbocycles. The summed E-state index contributed by atoms with van der Waals surface area (Å²) in [6, 6.07) is 0. The van der Waals surface area contributed by atoms with E-state index in [9.17, 15) is 0 Å². The number of rotatable bonds is 2. The van der Waals surface area contributed by atoms with Crippen molar-refractivity contribution in [2.24, 2.45) is 10.5 Å². The zero-order chi connectivity index (χ0) is 9.19. The molecule has 0 radical (unpaired) electrons. The van der Waals surface area contributed by atoms with Gasteiger partial charge in [-0.3, -0.25) is 5.43 Å². The molecule has 12 heavy (non-hydrogen) atoms. The van der Waals surface area contributed by atoms with Crippen LogP contribution in [0, 0.1) is 5.41 Å². The van der Waals surface area contributed by atoms with Crippen LogP contribution in [-0.2, 0) is 0 Å². The Morgan fingerprint density at radius 2 is 2.17 bits per heavy atom. The molecule has 0 fully saturated rings. The molecule has 1 aliphatic rings. The molecule has 0 aromatic heterocycles. The highest BCUT2D eigenvalue weighted by Crippen LogP contribution is 2.20. The molecule has 0 bridgehead atoms. The van der Waals surface area contributed by atoms with Gasteiger partial charge >= 0.3 is 0 Å². The third kappa shape index (κ3) is 1.90. The van der Waals surface area contributed by atoms with E-state index in [-0.39, 0.29) is 5.41 Å². The van der Waals surface area contributed by atoms with Gasteiger partial charge in [0.1, 0.15) is 12.5 Å². The molecule has 0 saturated heterocycles. The Hall–Kier alpha value is -0.730. The Kier molecular flexibility index (Phi) is 2.60. The van der Waals surface area contributed by atoms with Gasteiger partial charge in [0.2, 0.25) is 0 Å². The van der Waals surface area contributed by atoms with E-state index in [1.54, 1.807) is 0 Å². The maximum Gasteiger partial charge on any atom is 0.131 e. The minimum absolute atomic E-state index is 0.165. The number of amidine groups is 1. The number of nitrogens with one attached hydrogen (secondary N) is 1. The van der Waals surface area contributed by atoms with Crippen LogP contribution in [0.2, 0.25) is 0 Å². The maximum absolute atomic E-state index is 4.30. The molecule has 1 heterocycles. The number of nitrogens with zero attached hydrogens (tertiary/aromatic N) is 2. The van der Waals surface area contributed by atoms with Crippen LogP contribution in [0.4, 0.5) is 0 Å². The third-order valence-electron chi connectivity index (χ3n) is 1.91. The molecule has 70 valence electrons. The smallest absolute Gasteiger partial charge is 0.131 e. The fourth-order valence-electron chi connectivity index (χ4n) is 1.44. The Morgan fingerprint density at radius 3 is 2.67 bits per heavy atom. The summed E-state index contributed by atoms with van der Waals surface area (Å²) in [6.45, 7) is 10.8. The topological polar surface area (TPSA) is 27.6 Å². The highest BCUT2D eigenvalue weighted by atomic mass is 15.5. The van der Waals surface area contributed by atoms with Crippen molar-refractivity contribution in [2.45, 2.75) is 34.1 Å². The second-order valence-corrected chi connectivity index (χ2v) is 4.27. The number of hydrogen-bond donors (Lipinski definition) is 1. The summed E-state index contributed by atoms with van der Waals surface area (Å²) < 4.78 is 0. The second-order valence-electron chi connectivity index (χ2n) is 4.27. The Balaban J connectivity index is 2.63. The minimum Gasteiger partial charge on any atom is -0.339 e. The first-order valence-electron chi connectivity index (χ1n) is 4.61. The molecule has 3 heteroatoms. The first-order valence-corrected chi connectivity index (χ1v) is 4.61. The third-order valence-corrected chi connectivity index (χ3v) is 1.91. The molecular formula is C9H19N3. The van der Waals surface area contributed by atoms with Crippen LogP contribution in [0.5, 0.6) is 0 Å². The molecule has 3 nitrogen and oxygen atoms in total. The Morgan fingerprint density at radius 1 is 1.50 bits per heavy atom. The lowest BCUT2D eigenvalue weighted by molar-refractivity contribution is 0.386. The van der Waals surface area contributed by atoms with Crippen LogP contribution in [0.15, 0.2) is 5.10 Å². The summed E-state index contributed by atoms with van der Waals surface area (Å²) >= 11 is 0. The highest BCUT2D eigenvalue weighted by Gasteiger charge is 2.27. The van der Waals surface area contributed by atoms with Gasteiger partial charge in [0, 0.05) is 12.0 Å². The van der Waals surface area contributed by atoms with E-state index in [1.807, 2.05) is 0 Å². The van der Waals surface area contributed by atoms with E-state index >= 15 is 0 Å². The SMILES string of the molecule is CCCN1CNN=C1C(C)(C)C. The fraction of sp³-hybridized carbons (Fsp3) is 0.889. The predicted octanol–water partition coefficient (Wildman–Crippen LogP) is 1.62. The standard InChI is InChI=1S/C9H19N3/c1-5-6-12-7-10-11-8(12)9(2,3)4/h10H,5-7H2,1-4H3. The van der Waals surface area contributed by atoms with Crippen LogP contribution in [0.3, 0.4) is 0 Å². The zero-order valence-corrected chi connectivity index (χ0v) is 8.52. The van der Waals surface area contributed by atoms with E-state index in [0.717, 1.165) is 13.2 Å². The fourth-order valence-corrected chi connectivity index (χ4v) is 1.44. The van der Waals surface area contributed by atoms with Crippen molar-refractivity contribution in [1.82, 2.24) is 10.3 Å². The summed E-state index contributed by atoms with van der Waals surface area (Å²) in [7, 11) is 0. The van der Waals surface area contributed by atoms with Gasteiger partial charge < -0.3 is 4.90 Å². The molecule has 0 aromatic rings. The summed E-state index contributed by atoms with van der Waals surface area (Å²) in [5, 5.41) is 4.30. The van der Waals surface area contributed by atoms with Gasteiger partial charge in [-0.1, -0.05) is 27.7 Å². The molecule has 0 aliphatic carbocycles. The first-order chi connectivity index (χ1) is 5.55. The van der Waals surface area contributed by atoms with Gasteiger partial charge in [0.05, 0.1) is 0 Å². The van der Waals surface area contributed by atoms with Gasteiger partial charge in [-0.15, -0.1) is 0 Å². The van der Waals surface area contributed by atoms with Crippen molar-refractivity contribution in [3.63, 3.8) is 0 Å². The Labute approximate surface area is 74.8 Å². The van der Waals surface area contributed by atoms with Gasteiger partial charge in [-0.2, -0.15) is 5.10 Å². The highest BCUT2D eigenvalue weighted by molar-refractivity contribution is 5.87. The zero-order valence-electron chi connectivity index (χ0n) is 8.52. The largest absolute Gasteiger partial charge is 0.339 e.